The summed E-state index contributed by atoms with van der Waals surface area (Å²) in [6.07, 6.45) is 0. The van der Waals surface area contributed by atoms with Crippen LogP contribution in [-0.2, 0) is 17.8 Å². The van der Waals surface area contributed by atoms with E-state index in [0.717, 1.165) is 43.2 Å². The van der Waals surface area contributed by atoms with Gasteiger partial charge in [0.2, 0.25) is 0 Å². The minimum atomic E-state index is -0.0207. The summed E-state index contributed by atoms with van der Waals surface area (Å²) in [5, 5.41) is 9.61. The molecule has 0 radical (unpaired) electrons. The molecular formula is C21H21N4O2+. The molecule has 136 valence electrons. The maximum atomic E-state index is 13.2. The lowest BCUT2D eigenvalue weighted by Crippen LogP contribution is -3.13. The number of hydrogen-bond donors (Lipinski definition) is 1. The lowest BCUT2D eigenvalue weighted by atomic mass is 10.1. The van der Waals surface area contributed by atoms with Crippen LogP contribution >= 0.6 is 0 Å². The summed E-state index contributed by atoms with van der Waals surface area (Å²) in [7, 11) is 0. The van der Waals surface area contributed by atoms with Crippen molar-refractivity contribution in [3.8, 4) is 6.07 Å². The van der Waals surface area contributed by atoms with Crippen LogP contribution in [0.3, 0.4) is 0 Å². The first kappa shape index (κ1) is 17.4. The van der Waals surface area contributed by atoms with Crippen LogP contribution in [0.5, 0.6) is 0 Å². The quantitative estimate of drug-likeness (QED) is 0.744. The molecule has 2 heterocycles. The van der Waals surface area contributed by atoms with E-state index in [-0.39, 0.29) is 5.56 Å². The lowest BCUT2D eigenvalue weighted by Gasteiger charge is -2.24. The van der Waals surface area contributed by atoms with E-state index in [0.29, 0.717) is 24.0 Å². The summed E-state index contributed by atoms with van der Waals surface area (Å²) in [5.41, 5.74) is 2.31. The van der Waals surface area contributed by atoms with Gasteiger partial charge in [0.05, 0.1) is 42.3 Å². The average molecular weight is 361 g/mol. The first-order valence-corrected chi connectivity index (χ1v) is 9.13. The average Bonchev–Trinajstić information content (AvgIpc) is 2.72. The van der Waals surface area contributed by atoms with Crippen LogP contribution in [-0.4, -0.2) is 35.9 Å². The number of para-hydroxylation sites is 1. The Hall–Kier alpha value is -3.01. The molecule has 0 aliphatic carbocycles. The number of morpholine rings is 1. The van der Waals surface area contributed by atoms with Gasteiger partial charge in [-0.15, -0.1) is 0 Å². The smallest absolute Gasteiger partial charge is 0.261 e. The molecule has 1 aliphatic heterocycles. The molecule has 0 atom stereocenters. The van der Waals surface area contributed by atoms with Gasteiger partial charge in [-0.05, 0) is 29.8 Å². The molecule has 1 aromatic heterocycles. The summed E-state index contributed by atoms with van der Waals surface area (Å²) in [4.78, 5) is 19.3. The number of ether oxygens (including phenoxy) is 1. The zero-order valence-corrected chi connectivity index (χ0v) is 15.0. The van der Waals surface area contributed by atoms with Gasteiger partial charge < -0.3 is 9.64 Å². The highest BCUT2D eigenvalue weighted by molar-refractivity contribution is 5.77. The van der Waals surface area contributed by atoms with Crippen molar-refractivity contribution in [3.63, 3.8) is 0 Å². The van der Waals surface area contributed by atoms with Gasteiger partial charge in [-0.3, -0.25) is 9.36 Å². The number of benzene rings is 2. The molecule has 0 unspecified atom stereocenters. The van der Waals surface area contributed by atoms with Crippen LogP contribution in [0, 0.1) is 11.3 Å². The van der Waals surface area contributed by atoms with E-state index in [1.54, 1.807) is 16.7 Å². The van der Waals surface area contributed by atoms with Gasteiger partial charge in [-0.1, -0.05) is 24.3 Å². The molecule has 27 heavy (non-hydrogen) atoms. The fourth-order valence-electron chi connectivity index (χ4n) is 3.44. The van der Waals surface area contributed by atoms with Gasteiger partial charge in [0, 0.05) is 0 Å². The molecule has 1 aliphatic rings. The normalized spacial score (nSPS) is 14.9. The molecule has 0 spiro atoms. The number of aromatic nitrogens is 2. The highest BCUT2D eigenvalue weighted by Crippen LogP contribution is 2.10. The molecule has 3 aromatic rings. The Labute approximate surface area is 157 Å². The first-order chi connectivity index (χ1) is 13.2. The largest absolute Gasteiger partial charge is 0.370 e. The van der Waals surface area contributed by atoms with E-state index in [1.807, 2.05) is 36.4 Å². The molecule has 0 amide bonds. The number of quaternary nitrogens is 1. The minimum absolute atomic E-state index is 0.0207. The fraction of sp³-hybridized carbons (Fsp3) is 0.286. The maximum absolute atomic E-state index is 13.2. The van der Waals surface area contributed by atoms with Crippen LogP contribution in [0.2, 0.25) is 0 Å². The molecule has 6 nitrogen and oxygen atoms in total. The summed E-state index contributed by atoms with van der Waals surface area (Å²) in [6, 6.07) is 17.0. The van der Waals surface area contributed by atoms with Crippen LogP contribution < -0.4 is 10.5 Å². The van der Waals surface area contributed by atoms with Crippen molar-refractivity contribution in [2.75, 3.05) is 26.3 Å². The second-order valence-electron chi connectivity index (χ2n) is 6.78. The third kappa shape index (κ3) is 3.75. The SMILES string of the molecule is N#Cc1ccc(Cn2c(C[NH+]3CCOCC3)nc3ccccc3c2=O)cc1. The summed E-state index contributed by atoms with van der Waals surface area (Å²) < 4.78 is 7.21. The number of hydrogen-bond acceptors (Lipinski definition) is 4. The van der Waals surface area contributed by atoms with Crippen LogP contribution in [0.15, 0.2) is 53.3 Å². The Morgan fingerprint density at radius 1 is 1.11 bits per heavy atom. The van der Waals surface area contributed by atoms with Crippen molar-refractivity contribution < 1.29 is 9.64 Å². The molecule has 6 heteroatoms. The Morgan fingerprint density at radius 3 is 2.59 bits per heavy atom. The van der Waals surface area contributed by atoms with E-state index >= 15 is 0 Å². The van der Waals surface area contributed by atoms with Gasteiger partial charge in [0.1, 0.15) is 19.6 Å². The second kappa shape index (κ2) is 7.70. The van der Waals surface area contributed by atoms with Gasteiger partial charge in [0.25, 0.3) is 5.56 Å². The minimum Gasteiger partial charge on any atom is -0.370 e. The van der Waals surface area contributed by atoms with Crippen LogP contribution in [0.1, 0.15) is 17.0 Å². The number of nitrogens with zero attached hydrogens (tertiary/aromatic N) is 3. The standard InChI is InChI=1S/C21H20N4O2/c22-13-16-5-7-17(8-6-16)14-25-20(15-24-9-11-27-12-10-24)23-19-4-2-1-3-18(19)21(25)26/h1-8H,9-12,14-15H2/p+1. The number of rotatable bonds is 4. The van der Waals surface area contributed by atoms with Crippen molar-refractivity contribution in [2.45, 2.75) is 13.1 Å². The maximum Gasteiger partial charge on any atom is 0.261 e. The van der Waals surface area contributed by atoms with Crippen molar-refractivity contribution in [1.82, 2.24) is 9.55 Å². The number of nitriles is 1. The number of fused-ring (bicyclic) bond motifs is 1. The molecule has 1 saturated heterocycles. The third-order valence-electron chi connectivity index (χ3n) is 4.97. The van der Waals surface area contributed by atoms with E-state index < -0.39 is 0 Å². The molecule has 2 aromatic carbocycles. The van der Waals surface area contributed by atoms with Gasteiger partial charge in [0.15, 0.2) is 5.82 Å². The van der Waals surface area contributed by atoms with E-state index in [9.17, 15) is 4.79 Å². The van der Waals surface area contributed by atoms with Gasteiger partial charge in [-0.25, -0.2) is 4.98 Å². The second-order valence-corrected chi connectivity index (χ2v) is 6.78. The Kier molecular flexibility index (Phi) is 4.97. The molecular weight excluding hydrogens is 340 g/mol. The van der Waals surface area contributed by atoms with Crippen molar-refractivity contribution in [3.05, 3.63) is 75.8 Å². The predicted molar refractivity (Wildman–Crippen MR) is 101 cm³/mol. The fourth-order valence-corrected chi connectivity index (χ4v) is 3.44. The first-order valence-electron chi connectivity index (χ1n) is 9.13. The lowest BCUT2D eigenvalue weighted by molar-refractivity contribution is -0.922. The van der Waals surface area contributed by atoms with E-state index in [1.165, 1.54) is 4.90 Å². The summed E-state index contributed by atoms with van der Waals surface area (Å²) >= 11 is 0. The zero-order valence-electron chi connectivity index (χ0n) is 15.0. The molecule has 0 bridgehead atoms. The number of nitrogens with one attached hydrogen (secondary N) is 1. The summed E-state index contributed by atoms with van der Waals surface area (Å²) in [6.45, 7) is 4.45. The molecule has 1 N–H and O–H groups in total. The van der Waals surface area contributed by atoms with E-state index in [4.69, 9.17) is 15.0 Å². The van der Waals surface area contributed by atoms with Crippen molar-refractivity contribution in [2.24, 2.45) is 0 Å². The predicted octanol–water partition coefficient (Wildman–Crippen LogP) is 0.732. The van der Waals surface area contributed by atoms with Gasteiger partial charge in [-0.2, -0.15) is 5.26 Å². The zero-order chi connectivity index (χ0) is 18.6. The van der Waals surface area contributed by atoms with Gasteiger partial charge >= 0.3 is 0 Å². The highest BCUT2D eigenvalue weighted by Gasteiger charge is 2.19. The Morgan fingerprint density at radius 2 is 1.85 bits per heavy atom. The molecule has 0 saturated carbocycles. The summed E-state index contributed by atoms with van der Waals surface area (Å²) in [5.74, 6) is 0.792. The van der Waals surface area contributed by atoms with Crippen LogP contribution in [0.25, 0.3) is 10.9 Å². The van der Waals surface area contributed by atoms with E-state index in [2.05, 4.69) is 6.07 Å². The Balaban J connectivity index is 1.75. The van der Waals surface area contributed by atoms with Crippen molar-refractivity contribution in [1.29, 1.82) is 5.26 Å². The topological polar surface area (TPSA) is 72.3 Å². The monoisotopic (exact) mass is 361 g/mol. The van der Waals surface area contributed by atoms with Crippen LogP contribution in [0.4, 0.5) is 0 Å². The Bertz CT molecular complexity index is 1040. The molecule has 4 rings (SSSR count). The highest BCUT2D eigenvalue weighted by atomic mass is 16.5. The van der Waals surface area contributed by atoms with Crippen molar-refractivity contribution >= 4 is 10.9 Å². The third-order valence-corrected chi connectivity index (χ3v) is 4.97. The molecule has 1 fully saturated rings.